The summed E-state index contributed by atoms with van der Waals surface area (Å²) in [6.07, 6.45) is 0. The Morgan fingerprint density at radius 2 is 1.85 bits per heavy atom. The molecule has 0 aliphatic heterocycles. The zero-order valence-corrected chi connectivity index (χ0v) is 6.77. The van der Waals surface area contributed by atoms with Crippen molar-refractivity contribution >= 4 is 11.8 Å². The maximum absolute atomic E-state index is 10.8. The number of hydrogen-bond acceptors (Lipinski definition) is 4. The van der Waals surface area contributed by atoms with Crippen molar-refractivity contribution in [2.24, 2.45) is 0 Å². The van der Waals surface area contributed by atoms with Crippen LogP contribution in [0.1, 0.15) is 0 Å². The Morgan fingerprint density at radius 3 is 2.38 bits per heavy atom. The number of benzene rings is 1. The second-order valence-electron chi connectivity index (χ2n) is 2.28. The number of aliphatic hydroxyl groups excluding tert-OH is 1. The van der Waals surface area contributed by atoms with Gasteiger partial charge in [-0.1, -0.05) is 18.2 Å². The van der Waals surface area contributed by atoms with Crippen LogP contribution in [-0.2, 0) is 9.59 Å². The Hall–Kier alpha value is -1.68. The molecule has 0 radical (unpaired) electrons. The molecule has 4 heteroatoms. The van der Waals surface area contributed by atoms with Gasteiger partial charge in [0.1, 0.15) is 12.4 Å². The maximum atomic E-state index is 10.8. The van der Waals surface area contributed by atoms with Gasteiger partial charge >= 0.3 is 5.97 Å². The number of ether oxygens (including phenoxy) is 1. The van der Waals surface area contributed by atoms with Crippen LogP contribution in [-0.4, -0.2) is 23.5 Å². The first-order valence-electron chi connectivity index (χ1n) is 3.65. The van der Waals surface area contributed by atoms with Gasteiger partial charge in [0.05, 0.1) is 0 Å². The Morgan fingerprint density at radius 1 is 1.23 bits per heavy atom. The van der Waals surface area contributed by atoms with Gasteiger partial charge in [0.25, 0.3) is 5.78 Å². The van der Waals surface area contributed by atoms with E-state index in [1.807, 2.05) is 0 Å². The number of carbonyl (C=O) groups excluding carboxylic acids is 2. The fourth-order valence-corrected chi connectivity index (χ4v) is 0.717. The molecule has 0 amide bonds. The quantitative estimate of drug-likeness (QED) is 0.408. The number of esters is 1. The number of rotatable bonds is 3. The summed E-state index contributed by atoms with van der Waals surface area (Å²) in [4.78, 5) is 21.4. The highest BCUT2D eigenvalue weighted by molar-refractivity contribution is 6.34. The van der Waals surface area contributed by atoms with Crippen molar-refractivity contribution in [1.29, 1.82) is 0 Å². The van der Waals surface area contributed by atoms with Gasteiger partial charge in [0, 0.05) is 0 Å². The van der Waals surface area contributed by atoms with Crippen LogP contribution in [0.5, 0.6) is 5.75 Å². The van der Waals surface area contributed by atoms with E-state index in [1.54, 1.807) is 30.3 Å². The molecular weight excluding hydrogens is 172 g/mol. The summed E-state index contributed by atoms with van der Waals surface area (Å²) in [6.45, 7) is -0.828. The second-order valence-corrected chi connectivity index (χ2v) is 2.28. The lowest BCUT2D eigenvalue weighted by atomic mass is 10.3. The zero-order chi connectivity index (χ0) is 9.68. The van der Waals surface area contributed by atoms with Gasteiger partial charge in [-0.25, -0.2) is 4.79 Å². The number of ketones is 1. The molecule has 1 rings (SSSR count). The molecule has 0 atom stereocenters. The zero-order valence-electron chi connectivity index (χ0n) is 6.77. The maximum Gasteiger partial charge on any atom is 0.382 e. The lowest BCUT2D eigenvalue weighted by Crippen LogP contribution is -2.23. The molecular formula is C9H8O4. The van der Waals surface area contributed by atoms with Crippen LogP contribution >= 0.6 is 0 Å². The van der Waals surface area contributed by atoms with Gasteiger partial charge in [0.15, 0.2) is 0 Å². The highest BCUT2D eigenvalue weighted by Crippen LogP contribution is 2.08. The molecule has 68 valence electrons. The van der Waals surface area contributed by atoms with Crippen LogP contribution in [0, 0.1) is 0 Å². The lowest BCUT2D eigenvalue weighted by Gasteiger charge is -2.00. The Labute approximate surface area is 74.8 Å². The van der Waals surface area contributed by atoms with Crippen molar-refractivity contribution in [3.8, 4) is 5.75 Å². The van der Waals surface area contributed by atoms with Crippen LogP contribution in [0.2, 0.25) is 0 Å². The van der Waals surface area contributed by atoms with Crippen LogP contribution in [0.4, 0.5) is 0 Å². The molecule has 0 aromatic heterocycles. The largest absolute Gasteiger partial charge is 0.421 e. The minimum absolute atomic E-state index is 0.286. The lowest BCUT2D eigenvalue weighted by molar-refractivity contribution is -0.148. The first kappa shape index (κ1) is 9.41. The Bertz CT molecular complexity index is 305. The normalized spacial score (nSPS) is 9.31. The first-order valence-corrected chi connectivity index (χ1v) is 3.65. The number of para-hydroxylation sites is 1. The van der Waals surface area contributed by atoms with Gasteiger partial charge in [-0.3, -0.25) is 4.79 Å². The molecule has 0 aliphatic carbocycles. The van der Waals surface area contributed by atoms with Crippen LogP contribution in [0.25, 0.3) is 0 Å². The summed E-state index contributed by atoms with van der Waals surface area (Å²) >= 11 is 0. The second kappa shape index (κ2) is 4.37. The number of hydrogen-bond donors (Lipinski definition) is 1. The van der Waals surface area contributed by atoms with E-state index in [1.165, 1.54) is 0 Å². The predicted octanol–water partition coefficient (Wildman–Crippen LogP) is 0.153. The standard InChI is InChI=1S/C9H8O4/c10-6-8(11)9(12)13-7-4-2-1-3-5-7/h1-5,10H,6H2. The molecule has 0 aliphatic rings. The number of Topliss-reactive ketones (excluding diaryl/α,β-unsaturated/α-hetero) is 1. The molecule has 0 bridgehead atoms. The third kappa shape index (κ3) is 2.68. The first-order chi connectivity index (χ1) is 6.24. The van der Waals surface area contributed by atoms with E-state index < -0.39 is 18.4 Å². The average molecular weight is 180 g/mol. The molecule has 0 fully saturated rings. The molecule has 0 saturated carbocycles. The van der Waals surface area contributed by atoms with Crippen LogP contribution < -0.4 is 4.74 Å². The average Bonchev–Trinajstić information content (AvgIpc) is 2.18. The van der Waals surface area contributed by atoms with Crippen molar-refractivity contribution in [3.05, 3.63) is 30.3 Å². The smallest absolute Gasteiger partial charge is 0.382 e. The fourth-order valence-electron chi connectivity index (χ4n) is 0.717. The summed E-state index contributed by atoms with van der Waals surface area (Å²) in [7, 11) is 0. The minimum Gasteiger partial charge on any atom is -0.421 e. The van der Waals surface area contributed by atoms with E-state index in [4.69, 9.17) is 5.11 Å². The molecule has 4 nitrogen and oxygen atoms in total. The molecule has 1 aromatic rings. The monoisotopic (exact) mass is 180 g/mol. The highest BCUT2D eigenvalue weighted by Gasteiger charge is 2.14. The predicted molar refractivity (Wildman–Crippen MR) is 44.2 cm³/mol. The molecule has 0 saturated heterocycles. The number of aliphatic hydroxyl groups is 1. The molecule has 0 unspecified atom stereocenters. The van der Waals surface area contributed by atoms with Crippen molar-refractivity contribution in [3.63, 3.8) is 0 Å². The third-order valence-corrected chi connectivity index (χ3v) is 1.33. The van der Waals surface area contributed by atoms with E-state index in [9.17, 15) is 9.59 Å². The van der Waals surface area contributed by atoms with E-state index >= 15 is 0 Å². The van der Waals surface area contributed by atoms with E-state index in [2.05, 4.69) is 4.74 Å². The van der Waals surface area contributed by atoms with E-state index in [0.717, 1.165) is 0 Å². The molecule has 0 spiro atoms. The topological polar surface area (TPSA) is 63.6 Å². The SMILES string of the molecule is O=C(CO)C(=O)Oc1ccccc1. The minimum atomic E-state index is -1.05. The highest BCUT2D eigenvalue weighted by atomic mass is 16.5. The van der Waals surface area contributed by atoms with Crippen molar-refractivity contribution in [2.45, 2.75) is 0 Å². The Balaban J connectivity index is 2.60. The summed E-state index contributed by atoms with van der Waals surface area (Å²) < 4.78 is 4.62. The van der Waals surface area contributed by atoms with Gasteiger partial charge < -0.3 is 9.84 Å². The molecule has 1 N–H and O–H groups in total. The molecule has 0 heterocycles. The van der Waals surface area contributed by atoms with E-state index in [-0.39, 0.29) is 5.75 Å². The van der Waals surface area contributed by atoms with Crippen LogP contribution in [0.3, 0.4) is 0 Å². The molecule has 13 heavy (non-hydrogen) atoms. The summed E-state index contributed by atoms with van der Waals surface area (Å²) in [5.41, 5.74) is 0. The van der Waals surface area contributed by atoms with Crippen molar-refractivity contribution in [2.75, 3.05) is 6.61 Å². The van der Waals surface area contributed by atoms with Crippen LogP contribution in [0.15, 0.2) is 30.3 Å². The van der Waals surface area contributed by atoms with Gasteiger partial charge in [0.2, 0.25) is 0 Å². The Kier molecular flexibility index (Phi) is 3.16. The fraction of sp³-hybridized carbons (Fsp3) is 0.111. The van der Waals surface area contributed by atoms with Crippen molar-refractivity contribution < 1.29 is 19.4 Å². The van der Waals surface area contributed by atoms with Crippen molar-refractivity contribution in [1.82, 2.24) is 0 Å². The van der Waals surface area contributed by atoms with Gasteiger partial charge in [-0.2, -0.15) is 0 Å². The summed E-state index contributed by atoms with van der Waals surface area (Å²) in [5.74, 6) is -1.72. The third-order valence-electron chi connectivity index (χ3n) is 1.33. The number of carbonyl (C=O) groups is 2. The van der Waals surface area contributed by atoms with Gasteiger partial charge in [-0.05, 0) is 12.1 Å². The van der Waals surface area contributed by atoms with Gasteiger partial charge in [-0.15, -0.1) is 0 Å². The summed E-state index contributed by atoms with van der Waals surface area (Å²) in [5, 5.41) is 8.33. The van der Waals surface area contributed by atoms with E-state index in [0.29, 0.717) is 0 Å². The summed E-state index contributed by atoms with van der Waals surface area (Å²) in [6, 6.07) is 8.19. The molecule has 1 aromatic carbocycles.